The molecule has 2 amide bonds. The van der Waals surface area contributed by atoms with Crippen molar-refractivity contribution in [1.29, 1.82) is 0 Å². The Hall–Kier alpha value is -5.50. The molecule has 3 aromatic carbocycles. The van der Waals surface area contributed by atoms with Crippen LogP contribution in [0.15, 0.2) is 115 Å². The third-order valence-corrected chi connectivity index (χ3v) is 6.36. The van der Waals surface area contributed by atoms with Crippen molar-refractivity contribution >= 4 is 41.1 Å². The van der Waals surface area contributed by atoms with Gasteiger partial charge in [-0.2, -0.15) is 5.10 Å². The number of hydrogen-bond donors (Lipinski definition) is 3. The summed E-state index contributed by atoms with van der Waals surface area (Å²) in [5.41, 5.74) is 7.30. The average molecular weight is 544 g/mol. The fraction of sp³-hybridized carbons (Fsp3) is 0.0909. The van der Waals surface area contributed by atoms with E-state index in [4.69, 9.17) is 4.74 Å². The van der Waals surface area contributed by atoms with Gasteiger partial charge in [0.1, 0.15) is 11.8 Å². The van der Waals surface area contributed by atoms with Gasteiger partial charge in [-0.1, -0.05) is 72.8 Å². The van der Waals surface area contributed by atoms with Crippen LogP contribution in [-0.2, 0) is 16.0 Å². The van der Waals surface area contributed by atoms with Crippen LogP contribution in [0.25, 0.3) is 23.1 Å². The Morgan fingerprint density at radius 3 is 2.34 bits per heavy atom. The number of carbonyl (C=O) groups excluding carboxylic acids is 2. The first-order chi connectivity index (χ1) is 20.1. The zero-order chi connectivity index (χ0) is 28.3. The summed E-state index contributed by atoms with van der Waals surface area (Å²) in [5.74, 6) is -0.309. The van der Waals surface area contributed by atoms with Crippen LogP contribution in [-0.4, -0.2) is 40.6 Å². The molecule has 8 heteroatoms. The van der Waals surface area contributed by atoms with Crippen LogP contribution in [0.4, 0.5) is 0 Å². The first-order valence-corrected chi connectivity index (χ1v) is 13.2. The standard InChI is InChI=1S/C33H29N5O3/c39-32(23-41-28-14-12-25(13-15-28)11-10-24-6-2-1-3-7-24)37-31(20-27-22-35-30-9-5-4-8-29(27)30)33(40)38-36-21-26-16-18-34-19-17-26/h1-19,21-22,31,35H,20,23H2,(H,37,39)(H,38,40)/b11-10+,36-21+. The topological polar surface area (TPSA) is 108 Å². The normalized spacial score (nSPS) is 12.0. The van der Waals surface area contributed by atoms with Crippen molar-refractivity contribution in [3.05, 3.63) is 132 Å². The smallest absolute Gasteiger partial charge is 0.262 e. The Balaban J connectivity index is 1.21. The molecular weight excluding hydrogens is 514 g/mol. The number of aromatic nitrogens is 2. The molecule has 0 aliphatic rings. The molecule has 0 spiro atoms. The van der Waals surface area contributed by atoms with Crippen LogP contribution < -0.4 is 15.5 Å². The molecule has 5 rings (SSSR count). The number of nitrogens with one attached hydrogen (secondary N) is 3. The summed E-state index contributed by atoms with van der Waals surface area (Å²) >= 11 is 0. The molecule has 204 valence electrons. The maximum Gasteiger partial charge on any atom is 0.262 e. The lowest BCUT2D eigenvalue weighted by Gasteiger charge is -2.17. The summed E-state index contributed by atoms with van der Waals surface area (Å²) in [5, 5.41) is 7.84. The molecule has 0 bridgehead atoms. The van der Waals surface area contributed by atoms with Crippen LogP contribution in [0.3, 0.4) is 0 Å². The highest BCUT2D eigenvalue weighted by atomic mass is 16.5. The number of rotatable bonds is 11. The summed E-state index contributed by atoms with van der Waals surface area (Å²) in [6.07, 6.45) is 11.0. The average Bonchev–Trinajstić information content (AvgIpc) is 3.43. The maximum absolute atomic E-state index is 13.1. The van der Waals surface area contributed by atoms with Crippen molar-refractivity contribution < 1.29 is 14.3 Å². The van der Waals surface area contributed by atoms with Gasteiger partial charge in [-0.3, -0.25) is 14.6 Å². The number of amides is 2. The number of nitrogens with zero attached hydrogens (tertiary/aromatic N) is 2. The molecular formula is C33H29N5O3. The van der Waals surface area contributed by atoms with Crippen LogP contribution in [0.5, 0.6) is 5.75 Å². The predicted octanol–water partition coefficient (Wildman–Crippen LogP) is 4.99. The van der Waals surface area contributed by atoms with E-state index in [0.29, 0.717) is 5.75 Å². The second kappa shape index (κ2) is 13.5. The van der Waals surface area contributed by atoms with E-state index in [0.717, 1.165) is 33.2 Å². The van der Waals surface area contributed by atoms with Crippen molar-refractivity contribution in [2.75, 3.05) is 6.61 Å². The zero-order valence-corrected chi connectivity index (χ0v) is 22.2. The van der Waals surface area contributed by atoms with Crippen LogP contribution in [0.2, 0.25) is 0 Å². The van der Waals surface area contributed by atoms with Crippen molar-refractivity contribution in [2.45, 2.75) is 12.5 Å². The minimum Gasteiger partial charge on any atom is -0.484 e. The molecule has 0 fully saturated rings. The van der Waals surface area contributed by atoms with E-state index in [1.54, 1.807) is 24.5 Å². The summed E-state index contributed by atoms with van der Waals surface area (Å²) in [6, 6.07) is 28.0. The van der Waals surface area contributed by atoms with Crippen molar-refractivity contribution in [1.82, 2.24) is 20.7 Å². The van der Waals surface area contributed by atoms with E-state index >= 15 is 0 Å². The molecule has 1 unspecified atom stereocenters. The minimum atomic E-state index is -0.870. The summed E-state index contributed by atoms with van der Waals surface area (Å²) < 4.78 is 5.70. The molecule has 0 saturated heterocycles. The number of ether oxygens (including phenoxy) is 1. The van der Waals surface area contributed by atoms with Gasteiger partial charge in [0.05, 0.1) is 6.21 Å². The molecule has 8 nitrogen and oxygen atoms in total. The van der Waals surface area contributed by atoms with Gasteiger partial charge < -0.3 is 15.0 Å². The number of hydrazone groups is 1. The van der Waals surface area contributed by atoms with E-state index in [9.17, 15) is 9.59 Å². The minimum absolute atomic E-state index is 0.239. The SMILES string of the molecule is O=C(COc1ccc(/C=C/c2ccccc2)cc1)NC(Cc1c[nH]c2ccccc12)C(=O)N/N=C/c1ccncc1. The number of benzene rings is 3. The van der Waals surface area contributed by atoms with Gasteiger partial charge in [0.25, 0.3) is 11.8 Å². The lowest BCUT2D eigenvalue weighted by molar-refractivity contribution is -0.130. The van der Waals surface area contributed by atoms with Crippen molar-refractivity contribution in [2.24, 2.45) is 5.10 Å². The fourth-order valence-electron chi connectivity index (χ4n) is 4.24. The van der Waals surface area contributed by atoms with Crippen molar-refractivity contribution in [3.8, 4) is 5.75 Å². The van der Waals surface area contributed by atoms with Crippen LogP contribution in [0, 0.1) is 0 Å². The highest BCUT2D eigenvalue weighted by molar-refractivity contribution is 5.90. The van der Waals surface area contributed by atoms with Gasteiger partial charge in [0.2, 0.25) is 0 Å². The Labute approximate surface area is 237 Å². The first kappa shape index (κ1) is 27.1. The Bertz CT molecular complexity index is 1650. The highest BCUT2D eigenvalue weighted by Crippen LogP contribution is 2.19. The monoisotopic (exact) mass is 543 g/mol. The lowest BCUT2D eigenvalue weighted by atomic mass is 10.0. The van der Waals surface area contributed by atoms with E-state index in [2.05, 4.69) is 25.8 Å². The fourth-order valence-corrected chi connectivity index (χ4v) is 4.24. The summed E-state index contributed by atoms with van der Waals surface area (Å²) in [6.45, 7) is -0.239. The van der Waals surface area contributed by atoms with Crippen LogP contribution >= 0.6 is 0 Å². The van der Waals surface area contributed by atoms with E-state index in [1.165, 1.54) is 6.21 Å². The lowest BCUT2D eigenvalue weighted by Crippen LogP contribution is -2.48. The van der Waals surface area contributed by atoms with E-state index < -0.39 is 17.9 Å². The van der Waals surface area contributed by atoms with E-state index in [1.807, 2.05) is 97.2 Å². The van der Waals surface area contributed by atoms with Gasteiger partial charge in [-0.25, -0.2) is 5.43 Å². The van der Waals surface area contributed by atoms with Crippen LogP contribution in [0.1, 0.15) is 22.3 Å². The largest absolute Gasteiger partial charge is 0.484 e. The summed E-state index contributed by atoms with van der Waals surface area (Å²) in [4.78, 5) is 33.1. The number of carbonyl (C=O) groups is 2. The second-order valence-corrected chi connectivity index (χ2v) is 9.30. The highest BCUT2D eigenvalue weighted by Gasteiger charge is 2.23. The molecule has 3 N–H and O–H groups in total. The predicted molar refractivity (Wildman–Crippen MR) is 161 cm³/mol. The Morgan fingerprint density at radius 1 is 0.854 bits per heavy atom. The van der Waals surface area contributed by atoms with Crippen molar-refractivity contribution in [3.63, 3.8) is 0 Å². The second-order valence-electron chi connectivity index (χ2n) is 9.30. The number of pyridine rings is 1. The molecule has 0 aliphatic carbocycles. The van der Waals surface area contributed by atoms with Gasteiger partial charge in [0, 0.05) is 35.9 Å². The molecule has 2 heterocycles. The molecule has 0 saturated carbocycles. The quantitative estimate of drug-likeness (QED) is 0.124. The molecule has 5 aromatic rings. The maximum atomic E-state index is 13.1. The van der Waals surface area contributed by atoms with Gasteiger partial charge >= 0.3 is 0 Å². The first-order valence-electron chi connectivity index (χ1n) is 13.2. The van der Waals surface area contributed by atoms with Gasteiger partial charge in [-0.05, 0) is 52.6 Å². The number of aromatic amines is 1. The molecule has 41 heavy (non-hydrogen) atoms. The molecule has 1 atom stereocenters. The number of fused-ring (bicyclic) bond motifs is 1. The molecule has 0 radical (unpaired) electrons. The number of hydrogen-bond acceptors (Lipinski definition) is 5. The third-order valence-electron chi connectivity index (χ3n) is 6.36. The summed E-state index contributed by atoms with van der Waals surface area (Å²) in [7, 11) is 0. The Morgan fingerprint density at radius 2 is 1.56 bits per heavy atom. The number of para-hydroxylation sites is 1. The molecule has 2 aromatic heterocycles. The zero-order valence-electron chi connectivity index (χ0n) is 22.2. The molecule has 0 aliphatic heterocycles. The van der Waals surface area contributed by atoms with Gasteiger partial charge in [0.15, 0.2) is 6.61 Å². The Kier molecular flexibility index (Phi) is 8.93. The van der Waals surface area contributed by atoms with E-state index in [-0.39, 0.29) is 13.0 Å². The third kappa shape index (κ3) is 7.77. The number of H-pyrrole nitrogens is 1. The van der Waals surface area contributed by atoms with Gasteiger partial charge in [-0.15, -0.1) is 0 Å².